The van der Waals surface area contributed by atoms with Gasteiger partial charge in [0.15, 0.2) is 5.82 Å². The van der Waals surface area contributed by atoms with Crippen LogP contribution in [0.2, 0.25) is 0 Å². The van der Waals surface area contributed by atoms with Crippen LogP contribution in [0, 0.1) is 0 Å². The summed E-state index contributed by atoms with van der Waals surface area (Å²) in [5.74, 6) is 0.705. The van der Waals surface area contributed by atoms with E-state index in [1.807, 2.05) is 18.2 Å². The summed E-state index contributed by atoms with van der Waals surface area (Å²) in [5, 5.41) is 4.71. The lowest BCUT2D eigenvalue weighted by molar-refractivity contribution is 0.769. The molecule has 0 amide bonds. The monoisotopic (exact) mass is 800 g/mol. The first-order valence-corrected chi connectivity index (χ1v) is 21.6. The molecule has 63 heavy (non-hydrogen) atoms. The van der Waals surface area contributed by atoms with Gasteiger partial charge in [-0.25, -0.2) is 9.97 Å². The van der Waals surface area contributed by atoms with Gasteiger partial charge in [0.05, 0.1) is 16.8 Å². The predicted octanol–water partition coefficient (Wildman–Crippen LogP) is 15.5. The van der Waals surface area contributed by atoms with Crippen LogP contribution in [0.15, 0.2) is 243 Å². The Balaban J connectivity index is 1.06. The molecule has 12 rings (SSSR count). The predicted molar refractivity (Wildman–Crippen MR) is 262 cm³/mol. The minimum absolute atomic E-state index is 0.544. The summed E-state index contributed by atoms with van der Waals surface area (Å²) < 4.78 is 0. The van der Waals surface area contributed by atoms with Gasteiger partial charge in [-0.2, -0.15) is 0 Å². The number of hydrogen-bond acceptors (Lipinski definition) is 2. The summed E-state index contributed by atoms with van der Waals surface area (Å²) in [4.78, 5) is 10.5. The van der Waals surface area contributed by atoms with Crippen molar-refractivity contribution < 1.29 is 0 Å². The van der Waals surface area contributed by atoms with Gasteiger partial charge in [0, 0.05) is 16.7 Å². The molecule has 0 N–H and O–H groups in total. The van der Waals surface area contributed by atoms with Gasteiger partial charge in [-0.15, -0.1) is 0 Å². The van der Waals surface area contributed by atoms with Crippen LogP contribution in [-0.2, 0) is 5.41 Å². The third-order valence-electron chi connectivity index (χ3n) is 13.0. The summed E-state index contributed by atoms with van der Waals surface area (Å²) in [6, 6.07) is 88.0. The number of fused-ring (bicyclic) bond motifs is 5. The Hall–Kier alpha value is -8.20. The molecule has 294 valence electrons. The van der Waals surface area contributed by atoms with Crippen LogP contribution in [-0.4, -0.2) is 9.97 Å². The lowest BCUT2D eigenvalue weighted by atomic mass is 9.67. The van der Waals surface area contributed by atoms with E-state index in [0.717, 1.165) is 33.5 Å². The van der Waals surface area contributed by atoms with Crippen molar-refractivity contribution in [2.45, 2.75) is 5.41 Å². The zero-order chi connectivity index (χ0) is 41.7. The van der Waals surface area contributed by atoms with Crippen molar-refractivity contribution in [1.29, 1.82) is 0 Å². The van der Waals surface area contributed by atoms with Crippen LogP contribution in [0.3, 0.4) is 0 Å². The van der Waals surface area contributed by atoms with E-state index in [-0.39, 0.29) is 0 Å². The molecular formula is C61H40N2. The molecule has 1 aromatic heterocycles. The maximum absolute atomic E-state index is 5.29. The van der Waals surface area contributed by atoms with E-state index < -0.39 is 5.41 Å². The van der Waals surface area contributed by atoms with Crippen LogP contribution in [0.4, 0.5) is 0 Å². The standard InChI is InChI=1S/C61H40N2/c1-5-17-41(18-6-1)45-31-33-53-54-34-32-46(39-57(54)61(56(53)38-45,48-23-9-3-10-24-48)49-25-11-4-12-26-49)50-35-36-55(52-28-16-15-27-51(50)52)59-40-58(62-60(63-59)43-20-7-2-8-21-43)47-30-29-42-19-13-14-22-44(42)37-47/h1-40H. The zero-order valence-electron chi connectivity index (χ0n) is 34.5. The molecule has 0 aliphatic heterocycles. The first-order valence-electron chi connectivity index (χ1n) is 21.6. The summed E-state index contributed by atoms with van der Waals surface area (Å²) in [5.41, 5.74) is 16.7. The molecule has 1 aliphatic rings. The molecule has 2 heteroatoms. The van der Waals surface area contributed by atoms with E-state index in [2.05, 4.69) is 224 Å². The van der Waals surface area contributed by atoms with Gasteiger partial charge >= 0.3 is 0 Å². The molecule has 0 fully saturated rings. The molecule has 0 bridgehead atoms. The molecule has 0 radical (unpaired) electrons. The van der Waals surface area contributed by atoms with Crippen molar-refractivity contribution in [1.82, 2.24) is 9.97 Å². The highest BCUT2D eigenvalue weighted by Crippen LogP contribution is 2.57. The van der Waals surface area contributed by atoms with Crippen molar-refractivity contribution in [2.24, 2.45) is 0 Å². The molecular weight excluding hydrogens is 761 g/mol. The molecule has 0 spiro atoms. The smallest absolute Gasteiger partial charge is 0.160 e. The molecule has 1 aliphatic carbocycles. The van der Waals surface area contributed by atoms with Gasteiger partial charge in [0.25, 0.3) is 0 Å². The van der Waals surface area contributed by atoms with Crippen LogP contribution < -0.4 is 0 Å². The fourth-order valence-corrected chi connectivity index (χ4v) is 10.0. The Morgan fingerprint density at radius 2 is 0.746 bits per heavy atom. The quantitative estimate of drug-likeness (QED) is 0.160. The third-order valence-corrected chi connectivity index (χ3v) is 13.0. The molecule has 0 saturated carbocycles. The van der Waals surface area contributed by atoms with Crippen LogP contribution in [0.1, 0.15) is 22.3 Å². The van der Waals surface area contributed by atoms with Crippen LogP contribution in [0.25, 0.3) is 88.8 Å². The van der Waals surface area contributed by atoms with Crippen LogP contribution in [0.5, 0.6) is 0 Å². The van der Waals surface area contributed by atoms with Crippen molar-refractivity contribution in [2.75, 3.05) is 0 Å². The summed E-state index contributed by atoms with van der Waals surface area (Å²) in [6.45, 7) is 0. The summed E-state index contributed by atoms with van der Waals surface area (Å²) >= 11 is 0. The van der Waals surface area contributed by atoms with Crippen LogP contribution >= 0.6 is 0 Å². The highest BCUT2D eigenvalue weighted by molar-refractivity contribution is 6.05. The highest BCUT2D eigenvalue weighted by Gasteiger charge is 2.46. The van der Waals surface area contributed by atoms with E-state index in [4.69, 9.17) is 9.97 Å². The molecule has 0 unspecified atom stereocenters. The average molecular weight is 801 g/mol. The topological polar surface area (TPSA) is 25.8 Å². The molecule has 2 nitrogen and oxygen atoms in total. The fraction of sp³-hybridized carbons (Fsp3) is 0.0164. The minimum atomic E-state index is -0.544. The van der Waals surface area contributed by atoms with Crippen molar-refractivity contribution >= 4 is 21.5 Å². The highest BCUT2D eigenvalue weighted by atomic mass is 14.9. The van der Waals surface area contributed by atoms with E-state index in [0.29, 0.717) is 5.82 Å². The molecule has 10 aromatic carbocycles. The third kappa shape index (κ3) is 6.10. The lowest BCUT2D eigenvalue weighted by Crippen LogP contribution is -2.28. The Labute approximate surface area is 367 Å². The lowest BCUT2D eigenvalue weighted by Gasteiger charge is -2.34. The van der Waals surface area contributed by atoms with Gasteiger partial charge in [0.2, 0.25) is 0 Å². The van der Waals surface area contributed by atoms with E-state index >= 15 is 0 Å². The molecule has 0 atom stereocenters. The summed E-state index contributed by atoms with van der Waals surface area (Å²) in [6.07, 6.45) is 0. The first-order chi connectivity index (χ1) is 31.2. The summed E-state index contributed by atoms with van der Waals surface area (Å²) in [7, 11) is 0. The minimum Gasteiger partial charge on any atom is -0.228 e. The SMILES string of the molecule is c1ccc(-c2ccc3c(c2)C(c2ccccc2)(c2ccccc2)c2cc(-c4ccc(-c5cc(-c6ccc7ccccc7c6)nc(-c6ccccc6)n5)c5ccccc45)ccc2-3)cc1. The Bertz CT molecular complexity index is 3450. The first kappa shape index (κ1) is 36.6. The Kier molecular flexibility index (Phi) is 8.76. The number of benzene rings is 10. The van der Waals surface area contributed by atoms with Gasteiger partial charge in [-0.3, -0.25) is 0 Å². The number of nitrogens with zero attached hydrogens (tertiary/aromatic N) is 2. The van der Waals surface area contributed by atoms with Gasteiger partial charge in [-0.1, -0.05) is 218 Å². The fourth-order valence-electron chi connectivity index (χ4n) is 10.0. The van der Waals surface area contributed by atoms with E-state index in [1.165, 1.54) is 71.8 Å². The maximum atomic E-state index is 5.29. The van der Waals surface area contributed by atoms with Crippen molar-refractivity contribution in [3.05, 3.63) is 265 Å². The van der Waals surface area contributed by atoms with E-state index in [1.54, 1.807) is 0 Å². The second kappa shape index (κ2) is 15.1. The number of rotatable bonds is 7. The maximum Gasteiger partial charge on any atom is 0.160 e. The zero-order valence-corrected chi connectivity index (χ0v) is 34.5. The normalized spacial score (nSPS) is 12.6. The van der Waals surface area contributed by atoms with Gasteiger partial charge in [0.1, 0.15) is 0 Å². The average Bonchev–Trinajstić information content (AvgIpc) is 3.66. The number of hydrogen-bond donors (Lipinski definition) is 0. The molecule has 0 saturated heterocycles. The van der Waals surface area contributed by atoms with Crippen molar-refractivity contribution in [3.8, 4) is 67.3 Å². The Morgan fingerprint density at radius 3 is 1.41 bits per heavy atom. The number of aromatic nitrogens is 2. The second-order valence-electron chi connectivity index (χ2n) is 16.5. The van der Waals surface area contributed by atoms with Crippen molar-refractivity contribution in [3.63, 3.8) is 0 Å². The Morgan fingerprint density at radius 1 is 0.270 bits per heavy atom. The molecule has 1 heterocycles. The van der Waals surface area contributed by atoms with Gasteiger partial charge in [-0.05, 0) is 101 Å². The van der Waals surface area contributed by atoms with Gasteiger partial charge < -0.3 is 0 Å². The largest absolute Gasteiger partial charge is 0.228 e. The molecule has 11 aromatic rings. The second-order valence-corrected chi connectivity index (χ2v) is 16.5. The van der Waals surface area contributed by atoms with E-state index in [9.17, 15) is 0 Å².